The highest BCUT2D eigenvalue weighted by Crippen LogP contribution is 2.44. The predicted molar refractivity (Wildman–Crippen MR) is 57.3 cm³/mol. The fraction of sp³-hybridized carbons (Fsp3) is 1.00. The molecule has 1 aliphatic rings. The molecule has 1 saturated carbocycles. The molecule has 0 aromatic carbocycles. The Bertz CT molecular complexity index is 179. The molecule has 0 spiro atoms. The van der Waals surface area contributed by atoms with E-state index in [2.05, 4.69) is 33.4 Å². The van der Waals surface area contributed by atoms with Gasteiger partial charge in [-0.25, -0.2) is 0 Å². The van der Waals surface area contributed by atoms with Crippen molar-refractivity contribution in [1.29, 1.82) is 0 Å². The molecule has 0 bridgehead atoms. The average molecular weight is 220 g/mol. The van der Waals surface area contributed by atoms with Gasteiger partial charge in [-0.05, 0) is 31.1 Å². The van der Waals surface area contributed by atoms with Gasteiger partial charge in [0.1, 0.15) is 0 Å². The van der Waals surface area contributed by atoms with E-state index < -0.39 is 0 Å². The minimum absolute atomic E-state index is 0. The Morgan fingerprint density at radius 2 is 1.86 bits per heavy atom. The van der Waals surface area contributed by atoms with Crippen LogP contribution in [0.15, 0.2) is 0 Å². The first kappa shape index (κ1) is 14.2. The van der Waals surface area contributed by atoms with E-state index in [0.717, 1.165) is 5.92 Å². The van der Waals surface area contributed by atoms with Gasteiger partial charge in [-0.1, -0.05) is 27.2 Å². The number of rotatable bonds is 2. The fourth-order valence-corrected chi connectivity index (χ4v) is 3.72. The second-order valence-corrected chi connectivity index (χ2v) is 6.06. The van der Waals surface area contributed by atoms with Crippen LogP contribution in [0, 0.1) is 11.3 Å². The van der Waals surface area contributed by atoms with Gasteiger partial charge in [0, 0.05) is 12.8 Å². The van der Waals surface area contributed by atoms with Crippen LogP contribution in [0.25, 0.3) is 0 Å². The summed E-state index contributed by atoms with van der Waals surface area (Å²) in [6, 6.07) is 0. The van der Waals surface area contributed by atoms with E-state index in [1.54, 1.807) is 0 Å². The Hall–Kier alpha value is 0.250. The number of hydrogen-bond donors (Lipinski definition) is 1. The van der Waals surface area contributed by atoms with Gasteiger partial charge in [-0.15, -0.1) is 0 Å². The Balaban J connectivity index is 0.00000169. The van der Waals surface area contributed by atoms with Crippen molar-refractivity contribution >= 4 is 0 Å². The topological polar surface area (TPSA) is 27.6 Å². The van der Waals surface area contributed by atoms with Crippen LogP contribution in [0.5, 0.6) is 0 Å². The highest BCUT2D eigenvalue weighted by molar-refractivity contribution is 4.91. The summed E-state index contributed by atoms with van der Waals surface area (Å²) in [6.07, 6.45) is 6.73. The highest BCUT2D eigenvalue weighted by atomic mass is 35.5. The first-order valence-corrected chi connectivity index (χ1v) is 5.72. The van der Waals surface area contributed by atoms with E-state index in [1.165, 1.54) is 32.1 Å². The van der Waals surface area contributed by atoms with Crippen LogP contribution in [0.2, 0.25) is 0 Å². The Morgan fingerprint density at radius 1 is 1.29 bits per heavy atom. The van der Waals surface area contributed by atoms with Crippen molar-refractivity contribution in [2.45, 2.75) is 65.3 Å². The quantitative estimate of drug-likeness (QED) is 0.656. The SMILES string of the molecule is CCC[C@@]1(C)C[C@H](C)C[C@@](C)([NH3+])C1.[Cl-]. The zero-order valence-corrected chi connectivity index (χ0v) is 11.0. The zero-order chi connectivity index (χ0) is 10.1. The molecule has 86 valence electrons. The van der Waals surface area contributed by atoms with Crippen LogP contribution in [-0.2, 0) is 0 Å². The maximum Gasteiger partial charge on any atom is 0.0925 e. The standard InChI is InChI=1S/C12H25N.ClH/c1-5-6-11(3)7-10(2)8-12(4,13)9-11;/h10H,5-9,13H2,1-4H3;1H/t10-,11-,12+;/m0./s1. The molecule has 3 atom stereocenters. The lowest BCUT2D eigenvalue weighted by atomic mass is 9.63. The third kappa shape index (κ3) is 3.78. The van der Waals surface area contributed by atoms with Crippen molar-refractivity contribution in [3.8, 4) is 0 Å². The molecular formula is C12H26ClN. The maximum atomic E-state index is 4.36. The normalized spacial score (nSPS) is 43.1. The van der Waals surface area contributed by atoms with Gasteiger partial charge in [0.05, 0.1) is 5.54 Å². The largest absolute Gasteiger partial charge is 1.00 e. The zero-order valence-electron chi connectivity index (χ0n) is 10.2. The molecule has 0 aromatic heterocycles. The predicted octanol–water partition coefficient (Wildman–Crippen LogP) is -0.383. The molecule has 1 aliphatic carbocycles. The van der Waals surface area contributed by atoms with Gasteiger partial charge >= 0.3 is 0 Å². The molecule has 1 fully saturated rings. The average Bonchev–Trinajstić information content (AvgIpc) is 1.78. The van der Waals surface area contributed by atoms with Crippen molar-refractivity contribution in [2.75, 3.05) is 0 Å². The van der Waals surface area contributed by atoms with Gasteiger partial charge in [-0.3, -0.25) is 0 Å². The Labute approximate surface area is 95.2 Å². The van der Waals surface area contributed by atoms with Crippen LogP contribution in [0.1, 0.15) is 59.8 Å². The molecule has 3 N–H and O–H groups in total. The van der Waals surface area contributed by atoms with E-state index in [4.69, 9.17) is 0 Å². The molecule has 0 aliphatic heterocycles. The van der Waals surface area contributed by atoms with E-state index in [1.807, 2.05) is 0 Å². The summed E-state index contributed by atoms with van der Waals surface area (Å²) >= 11 is 0. The molecule has 0 unspecified atom stereocenters. The van der Waals surface area contributed by atoms with Crippen LogP contribution in [0.3, 0.4) is 0 Å². The molecule has 0 saturated heterocycles. The first-order valence-electron chi connectivity index (χ1n) is 5.72. The van der Waals surface area contributed by atoms with Crippen LogP contribution in [-0.4, -0.2) is 5.54 Å². The minimum Gasteiger partial charge on any atom is -1.00 e. The molecule has 1 rings (SSSR count). The summed E-state index contributed by atoms with van der Waals surface area (Å²) in [6.45, 7) is 9.47. The van der Waals surface area contributed by atoms with Crippen molar-refractivity contribution in [1.82, 2.24) is 0 Å². The van der Waals surface area contributed by atoms with Crippen LogP contribution >= 0.6 is 0 Å². The number of hydrogen-bond acceptors (Lipinski definition) is 0. The molecule has 0 heterocycles. The molecule has 2 heteroatoms. The summed E-state index contributed by atoms with van der Waals surface area (Å²) in [5.74, 6) is 0.868. The molecule has 1 nitrogen and oxygen atoms in total. The highest BCUT2D eigenvalue weighted by Gasteiger charge is 2.41. The van der Waals surface area contributed by atoms with E-state index in [0.29, 0.717) is 11.0 Å². The lowest BCUT2D eigenvalue weighted by Crippen LogP contribution is -3.00. The van der Waals surface area contributed by atoms with Gasteiger partial charge in [0.25, 0.3) is 0 Å². The van der Waals surface area contributed by atoms with E-state index in [9.17, 15) is 0 Å². The van der Waals surface area contributed by atoms with Gasteiger partial charge in [-0.2, -0.15) is 0 Å². The fourth-order valence-electron chi connectivity index (χ4n) is 3.72. The van der Waals surface area contributed by atoms with Crippen molar-refractivity contribution in [3.63, 3.8) is 0 Å². The molecule has 14 heavy (non-hydrogen) atoms. The van der Waals surface area contributed by atoms with E-state index in [-0.39, 0.29) is 12.4 Å². The first-order chi connectivity index (χ1) is 5.87. The summed E-state index contributed by atoms with van der Waals surface area (Å²) < 4.78 is 0. The lowest BCUT2D eigenvalue weighted by Gasteiger charge is -2.43. The van der Waals surface area contributed by atoms with E-state index >= 15 is 0 Å². The summed E-state index contributed by atoms with van der Waals surface area (Å²) in [5, 5.41) is 0. The third-order valence-corrected chi connectivity index (χ3v) is 3.39. The summed E-state index contributed by atoms with van der Waals surface area (Å²) in [4.78, 5) is 0. The number of halogens is 1. The second-order valence-electron chi connectivity index (χ2n) is 6.06. The second kappa shape index (κ2) is 4.85. The minimum atomic E-state index is 0. The summed E-state index contributed by atoms with van der Waals surface area (Å²) in [5.41, 5.74) is 5.26. The monoisotopic (exact) mass is 219 g/mol. The van der Waals surface area contributed by atoms with Crippen LogP contribution in [0.4, 0.5) is 0 Å². The molecule has 0 aromatic rings. The molecular weight excluding hydrogens is 194 g/mol. The van der Waals surface area contributed by atoms with Crippen molar-refractivity contribution < 1.29 is 18.1 Å². The molecule has 0 amide bonds. The Kier molecular flexibility index (Phi) is 4.94. The maximum absolute atomic E-state index is 4.36. The van der Waals surface area contributed by atoms with Crippen molar-refractivity contribution in [3.05, 3.63) is 0 Å². The van der Waals surface area contributed by atoms with Crippen LogP contribution < -0.4 is 18.1 Å². The van der Waals surface area contributed by atoms with Crippen molar-refractivity contribution in [2.24, 2.45) is 11.3 Å². The molecule has 0 radical (unpaired) electrons. The Morgan fingerprint density at radius 3 is 2.29 bits per heavy atom. The lowest BCUT2D eigenvalue weighted by molar-refractivity contribution is -0.486. The smallest absolute Gasteiger partial charge is 0.0925 e. The summed E-state index contributed by atoms with van der Waals surface area (Å²) in [7, 11) is 0. The van der Waals surface area contributed by atoms with Gasteiger partial charge < -0.3 is 18.1 Å². The third-order valence-electron chi connectivity index (χ3n) is 3.39. The number of quaternary nitrogens is 1. The van der Waals surface area contributed by atoms with Gasteiger partial charge in [0.2, 0.25) is 0 Å². The van der Waals surface area contributed by atoms with Gasteiger partial charge in [0.15, 0.2) is 0 Å².